The maximum atomic E-state index is 12.5. The summed E-state index contributed by atoms with van der Waals surface area (Å²) in [7, 11) is -3.70. The highest BCUT2D eigenvalue weighted by Gasteiger charge is 2.18. The number of amides is 2. The second-order valence-corrected chi connectivity index (χ2v) is 10.7. The minimum Gasteiger partial charge on any atom is -0.465 e. The Morgan fingerprint density at radius 2 is 1.63 bits per heavy atom. The maximum Gasteiger partial charge on any atom is 0.407 e. The lowest BCUT2D eigenvalue weighted by Crippen LogP contribution is -2.35. The lowest BCUT2D eigenvalue weighted by molar-refractivity contribution is 0.0972. The summed E-state index contributed by atoms with van der Waals surface area (Å²) in [5.41, 5.74) is 4.08. The second-order valence-electron chi connectivity index (χ2n) is 8.99. The van der Waals surface area contributed by atoms with Crippen LogP contribution in [0.3, 0.4) is 0 Å². The van der Waals surface area contributed by atoms with E-state index in [1.165, 1.54) is 4.90 Å². The Kier molecular flexibility index (Phi) is 9.86. The van der Waals surface area contributed by atoms with E-state index in [1.54, 1.807) is 42.5 Å². The number of rotatable bonds is 12. The number of carbonyl (C=O) groups is 2. The van der Waals surface area contributed by atoms with E-state index in [0.717, 1.165) is 29.4 Å². The zero-order chi connectivity index (χ0) is 27.7. The highest BCUT2D eigenvalue weighted by molar-refractivity contribution is 7.89. The van der Waals surface area contributed by atoms with Gasteiger partial charge in [0.05, 0.1) is 24.5 Å². The summed E-state index contributed by atoms with van der Waals surface area (Å²) in [4.78, 5) is 25.4. The van der Waals surface area contributed by atoms with Crippen molar-refractivity contribution in [1.29, 1.82) is 0 Å². The number of nitrogens with one attached hydrogen (secondary N) is 2. The van der Waals surface area contributed by atoms with E-state index < -0.39 is 28.1 Å². The molecule has 0 aliphatic heterocycles. The molecule has 10 heteroatoms. The Morgan fingerprint density at radius 3 is 2.24 bits per heavy atom. The fourth-order valence-electron chi connectivity index (χ4n) is 3.93. The van der Waals surface area contributed by atoms with Gasteiger partial charge in [-0.1, -0.05) is 67.6 Å². The van der Waals surface area contributed by atoms with Crippen molar-refractivity contribution in [3.8, 4) is 11.1 Å². The Hall–Kier alpha value is -3.89. The average molecular weight is 540 g/mol. The van der Waals surface area contributed by atoms with Crippen molar-refractivity contribution in [3.63, 3.8) is 0 Å². The molecule has 0 unspecified atom stereocenters. The Balaban J connectivity index is 1.71. The standard InChI is InChI=1S/C28H33N3O6S/c1-3-16-29-25-18-23(13-14-24(25)27(33)30-38(2,36)37)21-11-9-20(10-12-21)15-17-31(28(34)35)19-26(32)22-7-5-4-6-8-22/h4-14,18,26,29,32H,3,15-17,19H2,1-2H3,(H,30,33)(H,34,35)/t26-/m0/s1. The molecular formula is C28H33N3O6S. The van der Waals surface area contributed by atoms with E-state index in [-0.39, 0.29) is 18.7 Å². The van der Waals surface area contributed by atoms with Crippen LogP contribution in [0.4, 0.5) is 10.5 Å². The van der Waals surface area contributed by atoms with Crippen LogP contribution in [0.15, 0.2) is 72.8 Å². The van der Waals surface area contributed by atoms with Crippen LogP contribution in [0.1, 0.15) is 40.9 Å². The monoisotopic (exact) mass is 539 g/mol. The first kappa shape index (κ1) is 28.7. The lowest BCUT2D eigenvalue weighted by Gasteiger charge is -2.22. The zero-order valence-electron chi connectivity index (χ0n) is 21.4. The fourth-order valence-corrected chi connectivity index (χ4v) is 4.38. The number of aliphatic hydroxyl groups excluding tert-OH is 1. The molecule has 202 valence electrons. The average Bonchev–Trinajstić information content (AvgIpc) is 2.89. The Morgan fingerprint density at radius 1 is 0.974 bits per heavy atom. The molecule has 0 heterocycles. The first-order chi connectivity index (χ1) is 18.1. The molecule has 0 aliphatic carbocycles. The molecule has 0 saturated carbocycles. The minimum absolute atomic E-state index is 0.0236. The largest absolute Gasteiger partial charge is 0.465 e. The third-order valence-corrected chi connectivity index (χ3v) is 6.47. The quantitative estimate of drug-likeness (QED) is 0.272. The van der Waals surface area contributed by atoms with E-state index in [0.29, 0.717) is 24.2 Å². The molecule has 0 aliphatic rings. The number of hydrogen-bond acceptors (Lipinski definition) is 6. The smallest absolute Gasteiger partial charge is 0.407 e. The number of anilines is 1. The Bertz CT molecular complexity index is 1340. The van der Waals surface area contributed by atoms with E-state index in [1.807, 2.05) is 42.0 Å². The molecule has 0 saturated heterocycles. The number of carboxylic acid groups (broad SMARTS) is 1. The van der Waals surface area contributed by atoms with Gasteiger partial charge in [-0.25, -0.2) is 17.9 Å². The highest BCUT2D eigenvalue weighted by Crippen LogP contribution is 2.27. The number of sulfonamides is 1. The molecule has 0 aromatic heterocycles. The van der Waals surface area contributed by atoms with E-state index >= 15 is 0 Å². The van der Waals surface area contributed by atoms with E-state index in [9.17, 15) is 28.2 Å². The number of carbonyl (C=O) groups excluding carboxylic acids is 1. The number of aliphatic hydroxyl groups is 1. The first-order valence-corrected chi connectivity index (χ1v) is 14.2. The molecule has 2 amide bonds. The lowest BCUT2D eigenvalue weighted by atomic mass is 10.00. The molecule has 3 aromatic carbocycles. The van der Waals surface area contributed by atoms with Crippen molar-refractivity contribution >= 4 is 27.7 Å². The zero-order valence-corrected chi connectivity index (χ0v) is 22.2. The summed E-state index contributed by atoms with van der Waals surface area (Å²) in [6.45, 7) is 2.80. The summed E-state index contributed by atoms with van der Waals surface area (Å²) in [6, 6.07) is 21.7. The van der Waals surface area contributed by atoms with E-state index in [2.05, 4.69) is 5.32 Å². The van der Waals surface area contributed by atoms with Crippen LogP contribution < -0.4 is 10.0 Å². The molecule has 38 heavy (non-hydrogen) atoms. The normalized spacial score (nSPS) is 12.0. The Labute approximate surface area is 223 Å². The van der Waals surface area contributed by atoms with E-state index in [4.69, 9.17) is 0 Å². The molecule has 0 radical (unpaired) electrons. The van der Waals surface area contributed by atoms with Crippen molar-refractivity contribution < 1.29 is 28.2 Å². The van der Waals surface area contributed by atoms with Crippen LogP contribution in [-0.2, 0) is 16.4 Å². The van der Waals surface area contributed by atoms with Crippen molar-refractivity contribution in [2.24, 2.45) is 0 Å². The van der Waals surface area contributed by atoms with Crippen molar-refractivity contribution in [2.45, 2.75) is 25.9 Å². The number of benzene rings is 3. The van der Waals surface area contributed by atoms with Gasteiger partial charge in [0.25, 0.3) is 5.91 Å². The van der Waals surface area contributed by atoms with Crippen molar-refractivity contribution in [3.05, 3.63) is 89.5 Å². The molecule has 3 rings (SSSR count). The summed E-state index contributed by atoms with van der Waals surface area (Å²) >= 11 is 0. The van der Waals surface area contributed by atoms with Crippen molar-refractivity contribution in [2.75, 3.05) is 31.2 Å². The molecule has 9 nitrogen and oxygen atoms in total. The number of nitrogens with zero attached hydrogens (tertiary/aromatic N) is 1. The van der Waals surface area contributed by atoms with Crippen LogP contribution in [0.2, 0.25) is 0 Å². The molecule has 4 N–H and O–H groups in total. The van der Waals surface area contributed by atoms with Gasteiger partial charge in [0.2, 0.25) is 10.0 Å². The summed E-state index contributed by atoms with van der Waals surface area (Å²) in [5.74, 6) is -0.701. The van der Waals surface area contributed by atoms with Crippen LogP contribution in [0.5, 0.6) is 0 Å². The third kappa shape index (κ3) is 8.32. The molecule has 0 fully saturated rings. The van der Waals surface area contributed by atoms with Gasteiger partial charge in [-0.2, -0.15) is 0 Å². The molecule has 0 spiro atoms. The van der Waals surface area contributed by atoms with Crippen LogP contribution in [0.25, 0.3) is 11.1 Å². The summed E-state index contributed by atoms with van der Waals surface area (Å²) in [6.07, 6.45) is 0.224. The molecular weight excluding hydrogens is 506 g/mol. The van der Waals surface area contributed by atoms with Gasteiger partial charge in [0, 0.05) is 18.8 Å². The van der Waals surface area contributed by atoms with Crippen LogP contribution in [0, 0.1) is 0 Å². The van der Waals surface area contributed by atoms with Gasteiger partial charge < -0.3 is 20.4 Å². The fraction of sp³-hybridized carbons (Fsp3) is 0.286. The van der Waals surface area contributed by atoms with Crippen molar-refractivity contribution in [1.82, 2.24) is 9.62 Å². The minimum atomic E-state index is -3.70. The van der Waals surface area contributed by atoms with Crippen LogP contribution >= 0.6 is 0 Å². The predicted molar refractivity (Wildman–Crippen MR) is 148 cm³/mol. The first-order valence-electron chi connectivity index (χ1n) is 12.3. The SMILES string of the molecule is CCCNc1cc(-c2ccc(CCN(C[C@H](O)c3ccccc3)C(=O)O)cc2)ccc1C(=O)NS(C)(=O)=O. The summed E-state index contributed by atoms with van der Waals surface area (Å²) in [5, 5.41) is 23.2. The van der Waals surface area contributed by atoms with Gasteiger partial charge in [0.1, 0.15) is 0 Å². The van der Waals surface area contributed by atoms with Crippen LogP contribution in [-0.4, -0.2) is 61.4 Å². The maximum absolute atomic E-state index is 12.5. The van der Waals surface area contributed by atoms with Gasteiger partial charge in [-0.05, 0) is 47.2 Å². The second kappa shape index (κ2) is 13.1. The van der Waals surface area contributed by atoms with Gasteiger partial charge in [-0.15, -0.1) is 0 Å². The third-order valence-electron chi connectivity index (χ3n) is 5.91. The van der Waals surface area contributed by atoms with Gasteiger partial charge >= 0.3 is 6.09 Å². The number of hydrogen-bond donors (Lipinski definition) is 4. The molecule has 1 atom stereocenters. The highest BCUT2D eigenvalue weighted by atomic mass is 32.2. The molecule has 0 bridgehead atoms. The molecule has 3 aromatic rings. The van der Waals surface area contributed by atoms with Gasteiger partial charge in [-0.3, -0.25) is 4.79 Å². The van der Waals surface area contributed by atoms with Gasteiger partial charge in [0.15, 0.2) is 0 Å². The summed E-state index contributed by atoms with van der Waals surface area (Å²) < 4.78 is 25.0. The topological polar surface area (TPSA) is 136 Å². The predicted octanol–water partition coefficient (Wildman–Crippen LogP) is 4.12.